The number of carbonyl (C=O) groups is 2. The average molecular weight is 264 g/mol. The summed E-state index contributed by atoms with van der Waals surface area (Å²) in [6, 6.07) is -0.349. The summed E-state index contributed by atoms with van der Waals surface area (Å²) in [6.45, 7) is 5.71. The normalized spacial score (nSPS) is 24.6. The molecule has 19 heavy (non-hydrogen) atoms. The van der Waals surface area contributed by atoms with Crippen molar-refractivity contribution in [1.82, 2.24) is 9.88 Å². The van der Waals surface area contributed by atoms with Crippen molar-refractivity contribution in [3.63, 3.8) is 0 Å². The van der Waals surface area contributed by atoms with Gasteiger partial charge in [0, 0.05) is 5.92 Å². The number of nitrogens with one attached hydrogen (secondary N) is 1. The molecule has 1 saturated carbocycles. The number of imidazole rings is 1. The molecule has 0 bridgehead atoms. The number of aryl methyl sites for hydroxylation is 1. The second kappa shape index (κ2) is 4.87. The minimum atomic E-state index is -0.947. The largest absolute Gasteiger partial charge is 0.464 e. The third-order valence-corrected chi connectivity index (χ3v) is 3.27. The Morgan fingerprint density at radius 3 is 2.89 bits per heavy atom. The maximum atomic E-state index is 12.1. The highest BCUT2D eigenvalue weighted by molar-refractivity contribution is 5.91. The van der Waals surface area contributed by atoms with Crippen LogP contribution in [0.2, 0.25) is 0 Å². The summed E-state index contributed by atoms with van der Waals surface area (Å²) in [7, 11) is 1.81. The van der Waals surface area contributed by atoms with Crippen LogP contribution in [0.25, 0.3) is 0 Å². The second-order valence-electron chi connectivity index (χ2n) is 4.65. The van der Waals surface area contributed by atoms with Crippen molar-refractivity contribution in [2.24, 2.45) is 13.0 Å². The van der Waals surface area contributed by atoms with Crippen LogP contribution in [-0.2, 0) is 16.6 Å². The van der Waals surface area contributed by atoms with Crippen molar-refractivity contribution < 1.29 is 18.9 Å². The van der Waals surface area contributed by atoms with Crippen molar-refractivity contribution in [3.8, 4) is 0 Å². The number of ether oxygens (including phenoxy) is 1. The van der Waals surface area contributed by atoms with Gasteiger partial charge in [0.05, 0.1) is 13.7 Å². The highest BCUT2D eigenvalue weighted by Crippen LogP contribution is 2.45. The number of hydrogen-bond donors (Lipinski definition) is 1. The summed E-state index contributed by atoms with van der Waals surface area (Å²) >= 11 is 0. The van der Waals surface area contributed by atoms with Crippen LogP contribution in [0, 0.1) is 5.92 Å². The molecule has 1 aliphatic rings. The molecule has 1 aromatic rings. The summed E-state index contributed by atoms with van der Waals surface area (Å²) in [5.41, 5.74) is -0.947. The molecule has 1 aliphatic carbocycles. The SMILES string of the molecule is C=C[C@@H]1C[C@]1(NC(=O)n1cc[n+](C)c1)C(=O)OCC. The molecule has 6 nitrogen and oxygen atoms in total. The van der Waals surface area contributed by atoms with Crippen molar-refractivity contribution in [2.75, 3.05) is 6.61 Å². The van der Waals surface area contributed by atoms with Crippen molar-refractivity contribution >= 4 is 12.0 Å². The van der Waals surface area contributed by atoms with Crippen LogP contribution in [-0.4, -0.2) is 28.7 Å². The number of carbonyl (C=O) groups excluding carboxylic acids is 2. The average Bonchev–Trinajstić information content (AvgIpc) is 2.92. The Labute approximate surface area is 111 Å². The van der Waals surface area contributed by atoms with E-state index in [0.717, 1.165) is 0 Å². The van der Waals surface area contributed by atoms with E-state index in [2.05, 4.69) is 11.9 Å². The Bertz CT molecular complexity index is 523. The number of esters is 1. The van der Waals surface area contributed by atoms with Gasteiger partial charge in [-0.25, -0.2) is 14.2 Å². The number of aromatic nitrogens is 2. The molecule has 1 fully saturated rings. The fourth-order valence-corrected chi connectivity index (χ4v) is 2.09. The van der Waals surface area contributed by atoms with Gasteiger partial charge in [-0.1, -0.05) is 6.08 Å². The van der Waals surface area contributed by atoms with Gasteiger partial charge in [-0.3, -0.25) is 0 Å². The molecule has 1 heterocycles. The molecule has 1 N–H and O–H groups in total. The van der Waals surface area contributed by atoms with Gasteiger partial charge in [0.25, 0.3) is 6.33 Å². The van der Waals surface area contributed by atoms with Gasteiger partial charge in [0.2, 0.25) is 0 Å². The third-order valence-electron chi connectivity index (χ3n) is 3.27. The number of amides is 1. The van der Waals surface area contributed by atoms with Gasteiger partial charge in [0.15, 0.2) is 0 Å². The molecule has 1 amide bonds. The molecule has 1 aromatic heterocycles. The highest BCUT2D eigenvalue weighted by Gasteiger charge is 2.61. The Morgan fingerprint density at radius 2 is 2.42 bits per heavy atom. The molecule has 2 atom stereocenters. The smallest absolute Gasteiger partial charge is 0.414 e. The van der Waals surface area contributed by atoms with Crippen molar-refractivity contribution in [1.29, 1.82) is 0 Å². The first kappa shape index (κ1) is 13.3. The lowest BCUT2D eigenvalue weighted by molar-refractivity contribution is -0.670. The Kier molecular flexibility index (Phi) is 3.42. The van der Waals surface area contributed by atoms with Crippen molar-refractivity contribution in [3.05, 3.63) is 31.4 Å². The Balaban J connectivity index is 2.12. The number of rotatable bonds is 4. The lowest BCUT2D eigenvalue weighted by Gasteiger charge is -2.15. The zero-order valence-electron chi connectivity index (χ0n) is 11.1. The number of hydrogen-bond acceptors (Lipinski definition) is 3. The summed E-state index contributed by atoms with van der Waals surface area (Å²) < 4.78 is 8.16. The molecular formula is C13H18N3O3+. The molecule has 0 spiro atoms. The van der Waals surface area contributed by atoms with Gasteiger partial charge in [-0.15, -0.1) is 6.58 Å². The van der Waals surface area contributed by atoms with Gasteiger partial charge in [-0.05, 0) is 13.3 Å². The first-order valence-electron chi connectivity index (χ1n) is 6.19. The molecule has 0 aliphatic heterocycles. The first-order chi connectivity index (χ1) is 9.03. The Hall–Kier alpha value is -2.11. The zero-order valence-corrected chi connectivity index (χ0v) is 11.1. The molecular weight excluding hydrogens is 246 g/mol. The van der Waals surface area contributed by atoms with Gasteiger partial charge >= 0.3 is 12.0 Å². The van der Waals surface area contributed by atoms with Gasteiger partial charge in [-0.2, -0.15) is 4.57 Å². The summed E-state index contributed by atoms with van der Waals surface area (Å²) in [6.07, 6.45) is 7.20. The lowest BCUT2D eigenvalue weighted by atomic mass is 10.2. The molecule has 102 valence electrons. The fourth-order valence-electron chi connectivity index (χ4n) is 2.09. The molecule has 6 heteroatoms. The van der Waals surface area contributed by atoms with E-state index < -0.39 is 11.5 Å². The molecule has 2 rings (SSSR count). The van der Waals surface area contributed by atoms with Gasteiger partial charge < -0.3 is 10.1 Å². The van der Waals surface area contributed by atoms with E-state index in [1.165, 1.54) is 4.57 Å². The van der Waals surface area contributed by atoms with E-state index in [1.807, 2.05) is 7.05 Å². The third kappa shape index (κ3) is 2.38. The summed E-state index contributed by atoms with van der Waals surface area (Å²) in [4.78, 5) is 24.0. The van der Waals surface area contributed by atoms with E-state index in [9.17, 15) is 9.59 Å². The predicted molar refractivity (Wildman–Crippen MR) is 67.2 cm³/mol. The predicted octanol–water partition coefficient (Wildman–Crippen LogP) is 0.378. The number of nitrogens with zero attached hydrogens (tertiary/aromatic N) is 2. The minimum absolute atomic E-state index is 0.0696. The van der Waals surface area contributed by atoms with E-state index >= 15 is 0 Å². The summed E-state index contributed by atoms with van der Waals surface area (Å²) in [5, 5.41) is 2.75. The second-order valence-corrected chi connectivity index (χ2v) is 4.65. The molecule has 0 aromatic carbocycles. The standard InChI is InChI=1S/C13H17N3O3/c1-4-10-8-13(10,11(17)19-5-2)14-12(18)16-7-6-15(3)9-16/h4,6-7,9-10H,1,5,8H2,2-3H3/p+1/t10-,13-/m1/s1. The fraction of sp³-hybridized carbons (Fsp3) is 0.462. The highest BCUT2D eigenvalue weighted by atomic mass is 16.5. The van der Waals surface area contributed by atoms with Crippen LogP contribution >= 0.6 is 0 Å². The van der Waals surface area contributed by atoms with E-state index in [0.29, 0.717) is 13.0 Å². The van der Waals surface area contributed by atoms with Gasteiger partial charge in [0.1, 0.15) is 17.9 Å². The molecule has 0 saturated heterocycles. The Morgan fingerprint density at radius 1 is 1.68 bits per heavy atom. The van der Waals surface area contributed by atoms with Crippen LogP contribution in [0.3, 0.4) is 0 Å². The first-order valence-corrected chi connectivity index (χ1v) is 6.19. The quantitative estimate of drug-likeness (QED) is 0.486. The van der Waals surface area contributed by atoms with Crippen LogP contribution in [0.1, 0.15) is 13.3 Å². The topological polar surface area (TPSA) is 64.2 Å². The van der Waals surface area contributed by atoms with Crippen LogP contribution < -0.4 is 9.88 Å². The van der Waals surface area contributed by atoms with E-state index in [-0.39, 0.29) is 11.9 Å². The summed E-state index contributed by atoms with van der Waals surface area (Å²) in [5.74, 6) is -0.468. The van der Waals surface area contributed by atoms with Crippen molar-refractivity contribution in [2.45, 2.75) is 18.9 Å². The maximum Gasteiger partial charge on any atom is 0.414 e. The minimum Gasteiger partial charge on any atom is -0.464 e. The zero-order chi connectivity index (χ0) is 14.0. The monoisotopic (exact) mass is 264 g/mol. The van der Waals surface area contributed by atoms with Crippen LogP contribution in [0.15, 0.2) is 31.4 Å². The van der Waals surface area contributed by atoms with Crippen LogP contribution in [0.4, 0.5) is 4.79 Å². The van der Waals surface area contributed by atoms with E-state index in [4.69, 9.17) is 4.74 Å². The van der Waals surface area contributed by atoms with E-state index in [1.54, 1.807) is 36.3 Å². The lowest BCUT2D eigenvalue weighted by Crippen LogP contribution is -2.47. The maximum absolute atomic E-state index is 12.1. The van der Waals surface area contributed by atoms with Crippen LogP contribution in [0.5, 0.6) is 0 Å². The molecule has 0 unspecified atom stereocenters. The molecule has 0 radical (unpaired) electrons.